The molecule has 0 amide bonds. The number of thiophene rings is 1. The van der Waals surface area contributed by atoms with Crippen LogP contribution in [0.5, 0.6) is 0 Å². The molecule has 0 spiro atoms. The summed E-state index contributed by atoms with van der Waals surface area (Å²) in [4.78, 5) is 0.880. The number of hydrogen-bond donors (Lipinski definition) is 2. The van der Waals surface area contributed by atoms with Crippen molar-refractivity contribution < 1.29 is 8.42 Å². The summed E-state index contributed by atoms with van der Waals surface area (Å²) in [5, 5.41) is 0. The van der Waals surface area contributed by atoms with Crippen molar-refractivity contribution in [3.05, 3.63) is 17.0 Å². The highest BCUT2D eigenvalue weighted by molar-refractivity contribution is 7.91. The van der Waals surface area contributed by atoms with Crippen LogP contribution in [0.15, 0.2) is 16.3 Å². The molecule has 0 saturated carbocycles. The maximum atomic E-state index is 12.3. The van der Waals surface area contributed by atoms with Gasteiger partial charge in [-0.1, -0.05) is 20.8 Å². The number of hydrogen-bond acceptors (Lipinski definition) is 4. The summed E-state index contributed by atoms with van der Waals surface area (Å²) in [6.45, 7) is 6.40. The zero-order valence-electron chi connectivity index (χ0n) is 11.2. The first-order chi connectivity index (χ1) is 8.43. The highest BCUT2D eigenvalue weighted by Crippen LogP contribution is 2.26. The molecular formula is C12H22N2O2S2. The zero-order chi connectivity index (χ0) is 13.8. The number of nitrogens with one attached hydrogen (secondary N) is 1. The summed E-state index contributed by atoms with van der Waals surface area (Å²) < 4.78 is 27.8. The molecule has 3 N–H and O–H groups in total. The van der Waals surface area contributed by atoms with E-state index in [0.29, 0.717) is 10.8 Å². The van der Waals surface area contributed by atoms with Gasteiger partial charge in [-0.2, -0.15) is 0 Å². The smallest absolute Gasteiger partial charge is 0.250 e. The standard InChI is InChI=1S/C12H22N2O2S2/c1-4-12(5-2,6-3)14-18(15,16)11-8-7-10(9-13)17-11/h7-8,14H,4-6,9,13H2,1-3H3. The first kappa shape index (κ1) is 15.6. The maximum Gasteiger partial charge on any atom is 0.250 e. The van der Waals surface area contributed by atoms with E-state index in [1.807, 2.05) is 20.8 Å². The molecule has 0 radical (unpaired) electrons. The average molecular weight is 290 g/mol. The van der Waals surface area contributed by atoms with Gasteiger partial charge in [0.15, 0.2) is 0 Å². The molecule has 1 aromatic rings. The Morgan fingerprint density at radius 2 is 1.78 bits per heavy atom. The van der Waals surface area contributed by atoms with E-state index < -0.39 is 10.0 Å². The summed E-state index contributed by atoms with van der Waals surface area (Å²) >= 11 is 1.24. The van der Waals surface area contributed by atoms with Gasteiger partial charge in [-0.05, 0) is 31.4 Å². The SMILES string of the molecule is CCC(CC)(CC)NS(=O)(=O)c1ccc(CN)s1. The van der Waals surface area contributed by atoms with Crippen molar-refractivity contribution in [3.63, 3.8) is 0 Å². The van der Waals surface area contributed by atoms with Gasteiger partial charge < -0.3 is 5.73 Å². The van der Waals surface area contributed by atoms with Crippen LogP contribution in [0.3, 0.4) is 0 Å². The van der Waals surface area contributed by atoms with Crippen molar-refractivity contribution in [2.24, 2.45) is 5.73 Å². The first-order valence-corrected chi connectivity index (χ1v) is 8.55. The van der Waals surface area contributed by atoms with Crippen LogP contribution in [-0.2, 0) is 16.6 Å². The molecule has 18 heavy (non-hydrogen) atoms. The van der Waals surface area contributed by atoms with Gasteiger partial charge in [0.25, 0.3) is 10.0 Å². The predicted octanol–water partition coefficient (Wildman–Crippen LogP) is 2.45. The fraction of sp³-hybridized carbons (Fsp3) is 0.667. The van der Waals surface area contributed by atoms with E-state index in [2.05, 4.69) is 4.72 Å². The Hall–Kier alpha value is -0.430. The molecule has 1 heterocycles. The van der Waals surface area contributed by atoms with Gasteiger partial charge in [0, 0.05) is 17.0 Å². The quantitative estimate of drug-likeness (QED) is 0.810. The summed E-state index contributed by atoms with van der Waals surface area (Å²) in [6, 6.07) is 3.39. The van der Waals surface area contributed by atoms with E-state index in [-0.39, 0.29) is 5.54 Å². The van der Waals surface area contributed by atoms with Crippen LogP contribution in [0.25, 0.3) is 0 Å². The van der Waals surface area contributed by atoms with Crippen LogP contribution in [0.1, 0.15) is 44.9 Å². The normalized spacial score (nSPS) is 12.9. The van der Waals surface area contributed by atoms with E-state index >= 15 is 0 Å². The van der Waals surface area contributed by atoms with Gasteiger partial charge in [0.1, 0.15) is 4.21 Å². The van der Waals surface area contributed by atoms with Gasteiger partial charge in [-0.15, -0.1) is 11.3 Å². The second-order valence-corrected chi connectivity index (χ2v) is 7.45. The van der Waals surface area contributed by atoms with Crippen molar-refractivity contribution in [2.45, 2.75) is 56.3 Å². The first-order valence-electron chi connectivity index (χ1n) is 6.25. The Morgan fingerprint density at radius 3 is 2.17 bits per heavy atom. The highest BCUT2D eigenvalue weighted by atomic mass is 32.2. The van der Waals surface area contributed by atoms with Gasteiger partial charge in [-0.25, -0.2) is 13.1 Å². The molecule has 0 aliphatic carbocycles. The van der Waals surface area contributed by atoms with Crippen LogP contribution in [0.4, 0.5) is 0 Å². The molecule has 0 aliphatic rings. The Balaban J connectivity index is 3.00. The molecule has 6 heteroatoms. The molecule has 0 fully saturated rings. The molecule has 104 valence electrons. The lowest BCUT2D eigenvalue weighted by Gasteiger charge is -2.30. The Kier molecular flexibility index (Phi) is 5.33. The van der Waals surface area contributed by atoms with Gasteiger partial charge in [0.2, 0.25) is 0 Å². The van der Waals surface area contributed by atoms with Crippen molar-refractivity contribution in [1.29, 1.82) is 0 Å². The number of rotatable bonds is 7. The van der Waals surface area contributed by atoms with E-state index in [4.69, 9.17) is 5.73 Å². The van der Waals surface area contributed by atoms with E-state index in [1.54, 1.807) is 12.1 Å². The molecule has 0 saturated heterocycles. The van der Waals surface area contributed by atoms with E-state index in [1.165, 1.54) is 11.3 Å². The third-order valence-electron chi connectivity index (χ3n) is 3.48. The monoisotopic (exact) mass is 290 g/mol. The van der Waals surface area contributed by atoms with Crippen molar-refractivity contribution in [1.82, 2.24) is 4.72 Å². The molecular weight excluding hydrogens is 268 g/mol. The molecule has 0 aromatic carbocycles. The Bertz CT molecular complexity index is 468. The molecule has 0 aliphatic heterocycles. The third kappa shape index (κ3) is 3.32. The topological polar surface area (TPSA) is 72.2 Å². The molecule has 4 nitrogen and oxygen atoms in total. The van der Waals surface area contributed by atoms with E-state index in [0.717, 1.165) is 24.1 Å². The lowest BCUT2D eigenvalue weighted by atomic mass is 9.91. The van der Waals surface area contributed by atoms with Crippen LogP contribution < -0.4 is 10.5 Å². The molecule has 0 atom stereocenters. The van der Waals surface area contributed by atoms with Crippen molar-refractivity contribution in [3.8, 4) is 0 Å². The minimum atomic E-state index is -3.43. The molecule has 0 unspecified atom stereocenters. The van der Waals surface area contributed by atoms with Gasteiger partial charge in [0.05, 0.1) is 0 Å². The van der Waals surface area contributed by atoms with Crippen molar-refractivity contribution >= 4 is 21.4 Å². The minimum absolute atomic E-state index is 0.342. The average Bonchev–Trinajstić information content (AvgIpc) is 2.85. The van der Waals surface area contributed by atoms with Crippen LogP contribution in [-0.4, -0.2) is 14.0 Å². The molecule has 1 rings (SSSR count). The lowest BCUT2D eigenvalue weighted by molar-refractivity contribution is 0.342. The second kappa shape index (κ2) is 6.14. The number of sulfonamides is 1. The fourth-order valence-electron chi connectivity index (χ4n) is 1.91. The van der Waals surface area contributed by atoms with Gasteiger partial charge >= 0.3 is 0 Å². The van der Waals surface area contributed by atoms with Crippen LogP contribution in [0.2, 0.25) is 0 Å². The van der Waals surface area contributed by atoms with Gasteiger partial charge in [-0.3, -0.25) is 0 Å². The summed E-state index contributed by atoms with van der Waals surface area (Å²) in [5.74, 6) is 0. The van der Waals surface area contributed by atoms with Crippen LogP contribution in [0, 0.1) is 0 Å². The largest absolute Gasteiger partial charge is 0.326 e. The zero-order valence-corrected chi connectivity index (χ0v) is 12.8. The Labute approximate surface area is 114 Å². The third-order valence-corrected chi connectivity index (χ3v) is 6.66. The Morgan fingerprint density at radius 1 is 1.22 bits per heavy atom. The minimum Gasteiger partial charge on any atom is -0.326 e. The summed E-state index contributed by atoms with van der Waals surface area (Å²) in [5.41, 5.74) is 5.17. The predicted molar refractivity (Wildman–Crippen MR) is 76.1 cm³/mol. The van der Waals surface area contributed by atoms with Crippen LogP contribution >= 0.6 is 11.3 Å². The molecule has 1 aromatic heterocycles. The lowest BCUT2D eigenvalue weighted by Crippen LogP contribution is -2.46. The molecule has 0 bridgehead atoms. The summed E-state index contributed by atoms with van der Waals surface area (Å²) in [6.07, 6.45) is 2.36. The fourth-order valence-corrected chi connectivity index (χ4v) is 4.76. The summed E-state index contributed by atoms with van der Waals surface area (Å²) in [7, 11) is -3.43. The van der Waals surface area contributed by atoms with E-state index in [9.17, 15) is 8.42 Å². The number of nitrogens with two attached hydrogens (primary N) is 1. The second-order valence-electron chi connectivity index (χ2n) is 4.37. The van der Waals surface area contributed by atoms with Crippen molar-refractivity contribution in [2.75, 3.05) is 0 Å². The highest BCUT2D eigenvalue weighted by Gasteiger charge is 2.31. The maximum absolute atomic E-state index is 12.3.